The Morgan fingerprint density at radius 1 is 1.32 bits per heavy atom. The molecule has 9 heteroatoms. The highest BCUT2D eigenvalue weighted by Gasteiger charge is 2.50. The minimum Gasteiger partial charge on any atom is -0.335 e. The topological polar surface area (TPSA) is 108 Å². The van der Waals surface area contributed by atoms with Crippen LogP contribution in [0.15, 0.2) is 24.3 Å². The maximum atomic E-state index is 12.7. The predicted molar refractivity (Wildman–Crippen MR) is 88.7 cm³/mol. The molecule has 2 fully saturated rings. The lowest BCUT2D eigenvalue weighted by molar-refractivity contribution is -0.134. The lowest BCUT2D eigenvalue weighted by atomic mass is 9.92. The quantitative estimate of drug-likeness (QED) is 0.695. The lowest BCUT2D eigenvalue weighted by Crippen LogP contribution is -2.47. The SMILES string of the molecule is C[C@@]1(c2ccccc2Cl)NC(=O)N(CC(=O)NC(=O)NC2CC2)C1=O. The van der Waals surface area contributed by atoms with Gasteiger partial charge in [0.15, 0.2) is 0 Å². The molecule has 0 aromatic heterocycles. The van der Waals surface area contributed by atoms with Crippen LogP contribution in [-0.4, -0.2) is 41.4 Å². The van der Waals surface area contributed by atoms with Gasteiger partial charge >= 0.3 is 12.1 Å². The molecule has 8 nitrogen and oxygen atoms in total. The molecule has 1 aliphatic heterocycles. The molecule has 1 aliphatic carbocycles. The van der Waals surface area contributed by atoms with E-state index >= 15 is 0 Å². The molecule has 1 saturated carbocycles. The Kier molecular flexibility index (Phi) is 4.38. The van der Waals surface area contributed by atoms with Crippen molar-refractivity contribution >= 4 is 35.5 Å². The molecule has 1 atom stereocenters. The minimum atomic E-state index is -1.37. The van der Waals surface area contributed by atoms with Crippen LogP contribution < -0.4 is 16.0 Å². The molecule has 1 saturated heterocycles. The van der Waals surface area contributed by atoms with Crippen molar-refractivity contribution in [3.8, 4) is 0 Å². The highest BCUT2D eigenvalue weighted by molar-refractivity contribution is 6.32. The summed E-state index contributed by atoms with van der Waals surface area (Å²) in [4.78, 5) is 49.1. The van der Waals surface area contributed by atoms with Gasteiger partial charge in [0.2, 0.25) is 5.91 Å². The second-order valence-corrected chi connectivity index (χ2v) is 6.63. The van der Waals surface area contributed by atoms with Gasteiger partial charge in [0.1, 0.15) is 12.1 Å². The second kappa shape index (κ2) is 6.36. The highest BCUT2D eigenvalue weighted by atomic mass is 35.5. The number of carbonyl (C=O) groups excluding carboxylic acids is 4. The number of carbonyl (C=O) groups is 4. The molecule has 1 aromatic rings. The van der Waals surface area contributed by atoms with Crippen LogP contribution in [0.2, 0.25) is 5.02 Å². The van der Waals surface area contributed by atoms with Gasteiger partial charge in [0, 0.05) is 16.6 Å². The van der Waals surface area contributed by atoms with Crippen LogP contribution in [0, 0.1) is 0 Å². The Morgan fingerprint density at radius 3 is 2.64 bits per heavy atom. The molecular formula is C16H17ClN4O4. The fraction of sp³-hybridized carbons (Fsp3) is 0.375. The summed E-state index contributed by atoms with van der Waals surface area (Å²) in [7, 11) is 0. The third-order valence-corrected chi connectivity index (χ3v) is 4.48. The maximum absolute atomic E-state index is 12.7. The van der Waals surface area contributed by atoms with Crippen LogP contribution in [0.4, 0.5) is 9.59 Å². The van der Waals surface area contributed by atoms with Crippen molar-refractivity contribution in [2.75, 3.05) is 6.54 Å². The molecule has 132 valence electrons. The van der Waals surface area contributed by atoms with Gasteiger partial charge in [-0.3, -0.25) is 19.8 Å². The van der Waals surface area contributed by atoms with E-state index in [2.05, 4.69) is 16.0 Å². The van der Waals surface area contributed by atoms with Crippen LogP contribution in [0.3, 0.4) is 0 Å². The number of nitrogens with one attached hydrogen (secondary N) is 3. The van der Waals surface area contributed by atoms with E-state index in [-0.39, 0.29) is 6.04 Å². The van der Waals surface area contributed by atoms with Gasteiger partial charge in [-0.05, 0) is 25.8 Å². The molecule has 0 spiro atoms. The van der Waals surface area contributed by atoms with Crippen molar-refractivity contribution in [3.05, 3.63) is 34.9 Å². The standard InChI is InChI=1S/C16H17ClN4O4/c1-16(10-4-2-3-5-11(10)17)13(23)21(15(25)20-16)8-12(22)19-14(24)18-9-6-7-9/h2-5,9H,6-8H2,1H3,(H,20,25)(H2,18,19,22,24)/t16-/m0/s1. The van der Waals surface area contributed by atoms with E-state index in [1.165, 1.54) is 6.92 Å². The summed E-state index contributed by atoms with van der Waals surface area (Å²) < 4.78 is 0. The van der Waals surface area contributed by atoms with Gasteiger partial charge < -0.3 is 10.6 Å². The average molecular weight is 365 g/mol. The van der Waals surface area contributed by atoms with Crippen LogP contribution in [0.5, 0.6) is 0 Å². The summed E-state index contributed by atoms with van der Waals surface area (Å²) >= 11 is 6.13. The highest BCUT2D eigenvalue weighted by Crippen LogP contribution is 2.33. The number of benzene rings is 1. The Hall–Kier alpha value is -2.61. The molecule has 2 aliphatic rings. The molecule has 25 heavy (non-hydrogen) atoms. The molecule has 3 N–H and O–H groups in total. The first-order valence-corrected chi connectivity index (χ1v) is 8.18. The number of urea groups is 2. The van der Waals surface area contributed by atoms with E-state index in [4.69, 9.17) is 11.6 Å². The fourth-order valence-electron chi connectivity index (χ4n) is 2.65. The summed E-state index contributed by atoms with van der Waals surface area (Å²) in [5.41, 5.74) is -0.934. The summed E-state index contributed by atoms with van der Waals surface area (Å²) in [5.74, 6) is -1.35. The molecule has 6 amide bonds. The molecule has 0 radical (unpaired) electrons. The zero-order chi connectivity index (χ0) is 18.2. The van der Waals surface area contributed by atoms with E-state index in [0.29, 0.717) is 10.6 Å². The van der Waals surface area contributed by atoms with Crippen molar-refractivity contribution in [1.82, 2.24) is 20.9 Å². The van der Waals surface area contributed by atoms with Crippen LogP contribution >= 0.6 is 11.6 Å². The van der Waals surface area contributed by atoms with Gasteiger partial charge in [0.25, 0.3) is 5.91 Å². The third-order valence-electron chi connectivity index (χ3n) is 4.15. The number of hydrogen-bond donors (Lipinski definition) is 3. The van der Waals surface area contributed by atoms with E-state index in [1.807, 2.05) is 0 Å². The summed E-state index contributed by atoms with van der Waals surface area (Å²) in [6.07, 6.45) is 1.76. The second-order valence-electron chi connectivity index (χ2n) is 6.22. The van der Waals surface area contributed by atoms with Gasteiger partial charge in [-0.15, -0.1) is 0 Å². The number of rotatable bonds is 4. The van der Waals surface area contributed by atoms with Gasteiger partial charge in [-0.2, -0.15) is 0 Å². The van der Waals surface area contributed by atoms with E-state index in [0.717, 1.165) is 17.7 Å². The molecule has 3 rings (SSSR count). The van der Waals surface area contributed by atoms with Gasteiger partial charge in [-0.25, -0.2) is 9.59 Å². The van der Waals surface area contributed by atoms with Crippen LogP contribution in [0.1, 0.15) is 25.3 Å². The number of hydrogen-bond acceptors (Lipinski definition) is 4. The Morgan fingerprint density at radius 2 is 2.00 bits per heavy atom. The monoisotopic (exact) mass is 364 g/mol. The molecule has 0 unspecified atom stereocenters. The predicted octanol–water partition coefficient (Wildman–Crippen LogP) is 1.10. The fourth-order valence-corrected chi connectivity index (χ4v) is 2.97. The lowest BCUT2D eigenvalue weighted by Gasteiger charge is -2.23. The summed E-state index contributed by atoms with van der Waals surface area (Å²) in [6.45, 7) is 0.967. The molecule has 1 aromatic carbocycles. The number of halogens is 1. The summed E-state index contributed by atoms with van der Waals surface area (Å²) in [5, 5.41) is 7.59. The first-order valence-electron chi connectivity index (χ1n) is 7.80. The zero-order valence-corrected chi connectivity index (χ0v) is 14.2. The smallest absolute Gasteiger partial charge is 0.325 e. The van der Waals surface area contributed by atoms with Gasteiger partial charge in [0.05, 0.1) is 0 Å². The number of amides is 6. The Balaban J connectivity index is 1.69. The van der Waals surface area contributed by atoms with Crippen molar-refractivity contribution in [3.63, 3.8) is 0 Å². The summed E-state index contributed by atoms with van der Waals surface area (Å²) in [6, 6.07) is 5.39. The van der Waals surface area contributed by atoms with Crippen molar-refractivity contribution < 1.29 is 19.2 Å². The van der Waals surface area contributed by atoms with Crippen LogP contribution in [-0.2, 0) is 15.1 Å². The minimum absolute atomic E-state index is 0.0908. The molecule has 0 bridgehead atoms. The maximum Gasteiger partial charge on any atom is 0.325 e. The molecule has 1 heterocycles. The Bertz CT molecular complexity index is 764. The van der Waals surface area contributed by atoms with Crippen molar-refractivity contribution in [2.24, 2.45) is 0 Å². The third kappa shape index (κ3) is 3.43. The Labute approximate surface area is 148 Å². The number of nitrogens with zero attached hydrogens (tertiary/aromatic N) is 1. The van der Waals surface area contributed by atoms with Gasteiger partial charge in [-0.1, -0.05) is 29.8 Å². The van der Waals surface area contributed by atoms with E-state index < -0.39 is 36.0 Å². The van der Waals surface area contributed by atoms with E-state index in [1.54, 1.807) is 24.3 Å². The number of imide groups is 2. The van der Waals surface area contributed by atoms with Crippen LogP contribution in [0.25, 0.3) is 0 Å². The van der Waals surface area contributed by atoms with E-state index in [9.17, 15) is 19.2 Å². The molecular weight excluding hydrogens is 348 g/mol. The average Bonchev–Trinajstić information content (AvgIpc) is 3.32. The normalized spacial score (nSPS) is 22.6. The first kappa shape index (κ1) is 17.2. The zero-order valence-electron chi connectivity index (χ0n) is 13.5. The largest absolute Gasteiger partial charge is 0.335 e. The first-order chi connectivity index (χ1) is 11.8. The van der Waals surface area contributed by atoms with Crippen molar-refractivity contribution in [1.29, 1.82) is 0 Å². The van der Waals surface area contributed by atoms with Crippen molar-refractivity contribution in [2.45, 2.75) is 31.3 Å².